The van der Waals surface area contributed by atoms with Crippen molar-refractivity contribution in [1.82, 2.24) is 19.9 Å². The molecule has 2 heterocycles. The Hall–Kier alpha value is -3.57. The molecule has 0 aliphatic carbocycles. The van der Waals surface area contributed by atoms with Crippen LogP contribution in [0, 0.1) is 0 Å². The maximum absolute atomic E-state index is 7.03. The van der Waals surface area contributed by atoms with Gasteiger partial charge < -0.3 is 14.2 Å². The minimum absolute atomic E-state index is 0.706. The van der Waals surface area contributed by atoms with Gasteiger partial charge in [0.2, 0.25) is 0 Å². The summed E-state index contributed by atoms with van der Waals surface area (Å²) in [6.07, 6.45) is 31.6. The molecule has 0 fully saturated rings. The average molecular weight is 895 g/mol. The third kappa shape index (κ3) is 20.0. The number of aromatic nitrogens is 4. The summed E-state index contributed by atoms with van der Waals surface area (Å²) in [7, 11) is -2.55. The summed E-state index contributed by atoms with van der Waals surface area (Å²) in [5, 5.41) is 0. The Labute approximate surface area is 386 Å². The average Bonchev–Trinajstić information content (AvgIpc) is 3.28. The van der Waals surface area contributed by atoms with E-state index >= 15 is 0 Å². The van der Waals surface area contributed by atoms with E-state index in [1.807, 2.05) is 24.8 Å². The fraction of sp³-hybridized carbons (Fsp3) is 0.630. The van der Waals surface area contributed by atoms with Crippen LogP contribution in [0.25, 0.3) is 22.8 Å². The number of unbranched alkanes of at least 4 members (excludes halogenated alkanes) is 12. The number of benzene rings is 2. The van der Waals surface area contributed by atoms with Crippen LogP contribution in [0.15, 0.2) is 61.2 Å². The topological polar surface area (TPSA) is 79.2 Å². The quantitative estimate of drug-likeness (QED) is 0.0341. The molecule has 4 rings (SSSR count). The zero-order valence-electron chi connectivity index (χ0n) is 41.2. The molecule has 0 saturated heterocycles. The number of nitrogens with zero attached hydrogens (tertiary/aromatic N) is 4. The third-order valence-electron chi connectivity index (χ3n) is 12.7. The largest absolute Gasteiger partial charge is 0.490 e. The first-order valence-electron chi connectivity index (χ1n) is 25.4. The Morgan fingerprint density at radius 2 is 0.762 bits per heavy atom. The summed E-state index contributed by atoms with van der Waals surface area (Å²) in [6.45, 7) is 20.8. The van der Waals surface area contributed by atoms with Crippen molar-refractivity contribution in [2.45, 2.75) is 206 Å². The Morgan fingerprint density at radius 1 is 0.413 bits per heavy atom. The monoisotopic (exact) mass is 895 g/mol. The lowest BCUT2D eigenvalue weighted by atomic mass is 10.0. The van der Waals surface area contributed by atoms with Crippen molar-refractivity contribution in [3.63, 3.8) is 0 Å². The highest BCUT2D eigenvalue weighted by molar-refractivity contribution is 6.77. The van der Waals surface area contributed by atoms with E-state index in [0.29, 0.717) is 24.9 Å². The number of hydrogen-bond donors (Lipinski definition) is 0. The molecule has 0 saturated carbocycles. The van der Waals surface area contributed by atoms with E-state index in [1.54, 1.807) is 0 Å². The number of ether oxygens (including phenoxy) is 3. The molecule has 63 heavy (non-hydrogen) atoms. The maximum atomic E-state index is 7.03. The van der Waals surface area contributed by atoms with Crippen LogP contribution in [0.5, 0.6) is 23.0 Å². The summed E-state index contributed by atoms with van der Waals surface area (Å²) < 4.78 is 19.1. The van der Waals surface area contributed by atoms with Crippen molar-refractivity contribution in [2.24, 2.45) is 0 Å². The van der Waals surface area contributed by atoms with E-state index in [4.69, 9.17) is 34.1 Å². The van der Waals surface area contributed by atoms with Gasteiger partial charge in [-0.25, -0.2) is 19.9 Å². The molecule has 0 bridgehead atoms. The van der Waals surface area contributed by atoms with Crippen LogP contribution >= 0.6 is 0 Å². The van der Waals surface area contributed by atoms with Crippen LogP contribution in [0.2, 0.25) is 50.4 Å². The first kappa shape index (κ1) is 52.1. The zero-order valence-corrected chi connectivity index (χ0v) is 43.2. The van der Waals surface area contributed by atoms with Crippen molar-refractivity contribution in [1.29, 1.82) is 0 Å². The van der Waals surface area contributed by atoms with Gasteiger partial charge in [-0.3, -0.25) is 0 Å². The van der Waals surface area contributed by atoms with Crippen molar-refractivity contribution >= 4 is 16.1 Å². The second-order valence-corrected chi connectivity index (χ2v) is 30.4. The summed E-state index contributed by atoms with van der Waals surface area (Å²) in [5.74, 6) is 4.73. The molecule has 4 aromatic rings. The van der Waals surface area contributed by atoms with Crippen molar-refractivity contribution in [3.8, 4) is 45.8 Å². The molecule has 0 spiro atoms. The molecule has 0 aliphatic rings. The van der Waals surface area contributed by atoms with Crippen molar-refractivity contribution < 1.29 is 14.2 Å². The lowest BCUT2D eigenvalue weighted by Crippen LogP contribution is -2.24. The van der Waals surface area contributed by atoms with Crippen LogP contribution in [-0.2, 0) is 12.8 Å². The van der Waals surface area contributed by atoms with E-state index in [-0.39, 0.29) is 0 Å². The number of aryl methyl sites for hydroxylation is 2. The van der Waals surface area contributed by atoms with Gasteiger partial charge in [0.05, 0.1) is 38.0 Å². The van der Waals surface area contributed by atoms with Gasteiger partial charge in [0.1, 0.15) is 11.5 Å². The van der Waals surface area contributed by atoms with Gasteiger partial charge in [-0.2, -0.15) is 0 Å². The molecular formula is C54H86N4O3Si2. The molecule has 0 amide bonds. The molecule has 9 heteroatoms. The minimum atomic E-state index is -1.28. The SMILES string of the molecule is CCCCCCCCOc1cnc(-c2ccc(Oc3ccc(-c4ncc(OCCCCCCCC)cn4)cc3CCC[Si](C)(C)CCCC)c(CCC[Si](C)(C)CCCC)c2)nc1. The summed E-state index contributed by atoms with van der Waals surface area (Å²) in [6, 6.07) is 18.4. The molecule has 0 N–H and O–H groups in total. The fourth-order valence-corrected chi connectivity index (χ4v) is 13.8. The minimum Gasteiger partial charge on any atom is -0.490 e. The van der Waals surface area contributed by atoms with Gasteiger partial charge in [-0.1, -0.05) is 181 Å². The highest BCUT2D eigenvalue weighted by Gasteiger charge is 2.22. The molecule has 2 aromatic heterocycles. The van der Waals surface area contributed by atoms with E-state index in [2.05, 4.69) is 90.3 Å². The first-order valence-corrected chi connectivity index (χ1v) is 32.2. The van der Waals surface area contributed by atoms with E-state index in [1.165, 1.54) is 125 Å². The third-order valence-corrected chi connectivity index (χ3v) is 19.5. The zero-order chi connectivity index (χ0) is 45.2. The Balaban J connectivity index is 1.56. The van der Waals surface area contributed by atoms with Crippen LogP contribution < -0.4 is 14.2 Å². The molecule has 0 radical (unpaired) electrons. The van der Waals surface area contributed by atoms with Crippen LogP contribution in [-0.4, -0.2) is 49.3 Å². The summed E-state index contributed by atoms with van der Waals surface area (Å²) in [5.41, 5.74) is 4.44. The highest BCUT2D eigenvalue weighted by atomic mass is 28.3. The van der Waals surface area contributed by atoms with Gasteiger partial charge in [0.25, 0.3) is 0 Å². The van der Waals surface area contributed by atoms with Crippen LogP contribution in [0.3, 0.4) is 0 Å². The van der Waals surface area contributed by atoms with Gasteiger partial charge in [0.15, 0.2) is 23.1 Å². The van der Waals surface area contributed by atoms with E-state index < -0.39 is 16.1 Å². The Bertz CT molecular complexity index is 1700. The molecule has 0 atom stereocenters. The molecule has 7 nitrogen and oxygen atoms in total. The normalized spacial score (nSPS) is 11.9. The standard InChI is InChI=1S/C54H86N4O3Si2/c1-9-13-17-19-21-23-33-59-49-41-55-53(56-42-49)47-29-31-51(45(39-47)27-25-37-62(5,6)35-15-11-3)61-52-32-30-48(40-46(52)28-26-38-63(7,8)36-16-12-4)54-57-43-50(44-58-54)60-34-24-22-20-18-14-10-2/h29-32,39-44H,9-28,33-38H2,1-8H3. The van der Waals surface area contributed by atoms with Crippen LogP contribution in [0.1, 0.15) is 154 Å². The summed E-state index contributed by atoms with van der Waals surface area (Å²) >= 11 is 0. The van der Waals surface area contributed by atoms with Crippen molar-refractivity contribution in [2.75, 3.05) is 13.2 Å². The van der Waals surface area contributed by atoms with Crippen LogP contribution in [0.4, 0.5) is 0 Å². The molecule has 0 unspecified atom stereocenters. The lowest BCUT2D eigenvalue weighted by Gasteiger charge is -2.23. The number of rotatable bonds is 34. The number of hydrogen-bond acceptors (Lipinski definition) is 7. The fourth-order valence-electron chi connectivity index (χ4n) is 8.45. The van der Waals surface area contributed by atoms with Gasteiger partial charge in [-0.15, -0.1) is 0 Å². The molecule has 2 aromatic carbocycles. The van der Waals surface area contributed by atoms with Gasteiger partial charge >= 0.3 is 0 Å². The molecule has 348 valence electrons. The molecular weight excluding hydrogens is 809 g/mol. The second-order valence-electron chi connectivity index (χ2n) is 19.7. The molecule has 0 aliphatic heterocycles. The van der Waals surface area contributed by atoms with E-state index in [0.717, 1.165) is 72.6 Å². The Kier molecular flexibility index (Phi) is 24.0. The predicted octanol–water partition coefficient (Wildman–Crippen LogP) is 16.8. The second kappa shape index (κ2) is 29.1. The lowest BCUT2D eigenvalue weighted by molar-refractivity contribution is 0.302. The first-order chi connectivity index (χ1) is 30.6. The smallest absolute Gasteiger partial charge is 0.159 e. The van der Waals surface area contributed by atoms with Gasteiger partial charge in [-0.05, 0) is 73.2 Å². The summed E-state index contributed by atoms with van der Waals surface area (Å²) in [4.78, 5) is 19.1. The Morgan fingerprint density at radius 3 is 1.14 bits per heavy atom. The predicted molar refractivity (Wildman–Crippen MR) is 273 cm³/mol. The highest BCUT2D eigenvalue weighted by Crippen LogP contribution is 2.36. The van der Waals surface area contributed by atoms with E-state index in [9.17, 15) is 0 Å². The van der Waals surface area contributed by atoms with Gasteiger partial charge in [0, 0.05) is 27.3 Å². The van der Waals surface area contributed by atoms with Crippen molar-refractivity contribution in [3.05, 3.63) is 72.3 Å². The maximum Gasteiger partial charge on any atom is 0.159 e.